The number of hydrogen-bond donors (Lipinski definition) is 1. The van der Waals surface area contributed by atoms with Crippen molar-refractivity contribution in [2.75, 3.05) is 13.7 Å². The molecule has 0 saturated carbocycles. The van der Waals surface area contributed by atoms with Crippen LogP contribution in [0.2, 0.25) is 5.02 Å². The van der Waals surface area contributed by atoms with Crippen LogP contribution < -0.4 is 0 Å². The van der Waals surface area contributed by atoms with Crippen molar-refractivity contribution >= 4 is 17.6 Å². The number of ether oxygens (including phenoxy) is 1. The van der Waals surface area contributed by atoms with E-state index in [1.165, 1.54) is 31.1 Å². The minimum Gasteiger partial charge on any atom is -0.479 e. The minimum atomic E-state index is -1.22. The van der Waals surface area contributed by atoms with Gasteiger partial charge in [-0.3, -0.25) is 4.68 Å². The molecule has 1 atom stereocenters. The topological polar surface area (TPSA) is 64.3 Å². The highest BCUT2D eigenvalue weighted by atomic mass is 35.5. The van der Waals surface area contributed by atoms with Gasteiger partial charge in [-0.1, -0.05) is 11.6 Å². The average Bonchev–Trinajstić information content (AvgIpc) is 2.52. The first-order chi connectivity index (χ1) is 6.50. The van der Waals surface area contributed by atoms with E-state index in [2.05, 4.69) is 5.10 Å². The lowest BCUT2D eigenvalue weighted by Crippen LogP contribution is -2.43. The summed E-state index contributed by atoms with van der Waals surface area (Å²) in [7, 11) is 1.44. The molecule has 1 unspecified atom stereocenters. The second kappa shape index (κ2) is 3.98. The molecule has 1 N–H and O–H groups in total. The van der Waals surface area contributed by atoms with Crippen LogP contribution in [-0.2, 0) is 15.1 Å². The van der Waals surface area contributed by atoms with E-state index in [1.807, 2.05) is 0 Å². The van der Waals surface area contributed by atoms with E-state index in [9.17, 15) is 4.79 Å². The van der Waals surface area contributed by atoms with Gasteiger partial charge in [-0.15, -0.1) is 0 Å². The number of rotatable bonds is 4. The fraction of sp³-hybridized carbons (Fsp3) is 0.500. The maximum absolute atomic E-state index is 11.0. The molecule has 0 bridgehead atoms. The molecular formula is C8H11ClN2O3. The van der Waals surface area contributed by atoms with Crippen LogP contribution in [0.4, 0.5) is 0 Å². The number of carbonyl (C=O) groups is 1. The van der Waals surface area contributed by atoms with Gasteiger partial charge in [0.25, 0.3) is 0 Å². The molecule has 78 valence electrons. The Morgan fingerprint density at radius 1 is 1.86 bits per heavy atom. The molecule has 0 radical (unpaired) electrons. The predicted octanol–water partition coefficient (Wildman–Crippen LogP) is 0.983. The van der Waals surface area contributed by atoms with Gasteiger partial charge in [0.05, 0.1) is 17.8 Å². The number of carboxylic acids is 1. The van der Waals surface area contributed by atoms with E-state index in [0.717, 1.165) is 0 Å². The summed E-state index contributed by atoms with van der Waals surface area (Å²) in [6.45, 7) is 1.54. The predicted molar refractivity (Wildman–Crippen MR) is 50.4 cm³/mol. The van der Waals surface area contributed by atoms with Crippen LogP contribution in [-0.4, -0.2) is 34.6 Å². The fourth-order valence-electron chi connectivity index (χ4n) is 1.08. The molecule has 0 aromatic carbocycles. The van der Waals surface area contributed by atoms with Gasteiger partial charge in [-0.25, -0.2) is 4.79 Å². The highest BCUT2D eigenvalue weighted by molar-refractivity contribution is 6.30. The summed E-state index contributed by atoms with van der Waals surface area (Å²) >= 11 is 5.65. The highest BCUT2D eigenvalue weighted by Gasteiger charge is 2.36. The molecular weight excluding hydrogens is 208 g/mol. The van der Waals surface area contributed by atoms with Crippen LogP contribution >= 0.6 is 11.6 Å². The summed E-state index contributed by atoms with van der Waals surface area (Å²) in [4.78, 5) is 11.0. The second-order valence-corrected chi connectivity index (χ2v) is 3.55. The number of halogens is 1. The van der Waals surface area contributed by atoms with Crippen molar-refractivity contribution in [1.82, 2.24) is 9.78 Å². The van der Waals surface area contributed by atoms with Crippen LogP contribution in [0.5, 0.6) is 0 Å². The van der Waals surface area contributed by atoms with E-state index in [0.29, 0.717) is 5.02 Å². The summed E-state index contributed by atoms with van der Waals surface area (Å²) in [5.74, 6) is -1.01. The lowest BCUT2D eigenvalue weighted by molar-refractivity contribution is -0.150. The van der Waals surface area contributed by atoms with Crippen LogP contribution in [0.15, 0.2) is 12.4 Å². The third kappa shape index (κ3) is 1.88. The summed E-state index contributed by atoms with van der Waals surface area (Å²) in [6.07, 6.45) is 2.84. The quantitative estimate of drug-likeness (QED) is 0.819. The molecule has 14 heavy (non-hydrogen) atoms. The molecule has 0 fully saturated rings. The van der Waals surface area contributed by atoms with Gasteiger partial charge < -0.3 is 9.84 Å². The van der Waals surface area contributed by atoms with E-state index in [1.54, 1.807) is 0 Å². The van der Waals surface area contributed by atoms with E-state index >= 15 is 0 Å². The van der Waals surface area contributed by atoms with Crippen LogP contribution in [0.1, 0.15) is 6.92 Å². The zero-order valence-corrected chi connectivity index (χ0v) is 8.65. The van der Waals surface area contributed by atoms with Crippen molar-refractivity contribution in [3.8, 4) is 0 Å². The van der Waals surface area contributed by atoms with Gasteiger partial charge in [-0.05, 0) is 6.92 Å². The van der Waals surface area contributed by atoms with Gasteiger partial charge >= 0.3 is 5.97 Å². The Morgan fingerprint density at radius 3 is 2.86 bits per heavy atom. The van der Waals surface area contributed by atoms with E-state index in [-0.39, 0.29) is 6.61 Å². The number of carboxylic acid groups (broad SMARTS) is 1. The van der Waals surface area contributed by atoms with Crippen molar-refractivity contribution in [1.29, 1.82) is 0 Å². The molecule has 1 aromatic rings. The summed E-state index contributed by atoms with van der Waals surface area (Å²) in [5, 5.41) is 13.3. The smallest absolute Gasteiger partial charge is 0.333 e. The molecule has 1 rings (SSSR count). The van der Waals surface area contributed by atoms with Crippen molar-refractivity contribution < 1.29 is 14.6 Å². The monoisotopic (exact) mass is 218 g/mol. The minimum absolute atomic E-state index is 0.0281. The van der Waals surface area contributed by atoms with Gasteiger partial charge in [0.2, 0.25) is 0 Å². The summed E-state index contributed by atoms with van der Waals surface area (Å²) in [5.41, 5.74) is -1.22. The van der Waals surface area contributed by atoms with Crippen LogP contribution in [0.3, 0.4) is 0 Å². The zero-order chi connectivity index (χ0) is 10.8. The number of methoxy groups -OCH3 is 1. The molecule has 1 aromatic heterocycles. The van der Waals surface area contributed by atoms with Crippen molar-refractivity contribution in [2.24, 2.45) is 0 Å². The number of hydrogen-bond acceptors (Lipinski definition) is 3. The molecule has 0 aliphatic rings. The largest absolute Gasteiger partial charge is 0.479 e. The Hall–Kier alpha value is -1.07. The molecule has 0 saturated heterocycles. The Balaban J connectivity index is 3.05. The first-order valence-electron chi connectivity index (χ1n) is 3.93. The van der Waals surface area contributed by atoms with Crippen LogP contribution in [0.25, 0.3) is 0 Å². The lowest BCUT2D eigenvalue weighted by atomic mass is 10.1. The Bertz CT molecular complexity index is 339. The van der Waals surface area contributed by atoms with Crippen molar-refractivity contribution in [3.63, 3.8) is 0 Å². The van der Waals surface area contributed by atoms with Gasteiger partial charge in [0, 0.05) is 13.3 Å². The highest BCUT2D eigenvalue weighted by Crippen LogP contribution is 2.18. The van der Waals surface area contributed by atoms with Gasteiger partial charge in [0.1, 0.15) is 0 Å². The molecule has 0 spiro atoms. The molecule has 0 aliphatic heterocycles. The number of aromatic nitrogens is 2. The van der Waals surface area contributed by atoms with E-state index < -0.39 is 11.5 Å². The van der Waals surface area contributed by atoms with E-state index in [4.69, 9.17) is 21.4 Å². The van der Waals surface area contributed by atoms with Gasteiger partial charge in [0.15, 0.2) is 5.54 Å². The van der Waals surface area contributed by atoms with Crippen LogP contribution in [0, 0.1) is 0 Å². The first-order valence-corrected chi connectivity index (χ1v) is 4.31. The molecule has 0 aliphatic carbocycles. The average molecular weight is 219 g/mol. The Labute approximate surface area is 86.2 Å². The molecule has 5 nitrogen and oxygen atoms in total. The molecule has 6 heteroatoms. The summed E-state index contributed by atoms with van der Waals surface area (Å²) in [6, 6.07) is 0. The third-order valence-electron chi connectivity index (χ3n) is 1.94. The third-order valence-corrected chi connectivity index (χ3v) is 2.14. The Morgan fingerprint density at radius 2 is 2.50 bits per heavy atom. The van der Waals surface area contributed by atoms with Crippen molar-refractivity contribution in [3.05, 3.63) is 17.4 Å². The Kier molecular flexibility index (Phi) is 3.13. The fourth-order valence-corrected chi connectivity index (χ4v) is 1.21. The van der Waals surface area contributed by atoms with Crippen molar-refractivity contribution in [2.45, 2.75) is 12.5 Å². The van der Waals surface area contributed by atoms with Gasteiger partial charge in [-0.2, -0.15) is 5.10 Å². The molecule has 1 heterocycles. The maximum atomic E-state index is 11.0. The normalized spacial score (nSPS) is 15.1. The second-order valence-electron chi connectivity index (χ2n) is 3.12. The number of nitrogens with zero attached hydrogens (tertiary/aromatic N) is 2. The molecule has 0 amide bonds. The SMILES string of the molecule is COCC(C)(C(=O)O)n1cc(Cl)cn1. The maximum Gasteiger partial charge on any atom is 0.333 e. The summed E-state index contributed by atoms with van der Waals surface area (Å²) < 4.78 is 6.13. The standard InChI is InChI=1S/C8H11ClN2O3/c1-8(5-14-2,7(12)13)11-4-6(9)3-10-11/h3-4H,5H2,1-2H3,(H,12,13). The lowest BCUT2D eigenvalue weighted by Gasteiger charge is -2.24. The number of aliphatic carboxylic acids is 1. The zero-order valence-electron chi connectivity index (χ0n) is 7.90. The first kappa shape index (κ1) is 11.0.